The fourth-order valence-corrected chi connectivity index (χ4v) is 4.32. The highest BCUT2D eigenvalue weighted by atomic mass is 16.5. The van der Waals surface area contributed by atoms with Crippen LogP contribution in [0.15, 0.2) is 54.6 Å². The summed E-state index contributed by atoms with van der Waals surface area (Å²) in [7, 11) is 0. The topological polar surface area (TPSA) is 46.6 Å². The fraction of sp³-hybridized carbons (Fsp3) is 0.391. The molecule has 2 aromatic carbocycles. The molecule has 0 N–H and O–H groups in total. The second kappa shape index (κ2) is 7.18. The van der Waals surface area contributed by atoms with E-state index in [0.29, 0.717) is 43.7 Å². The maximum absolute atomic E-state index is 13.1. The van der Waals surface area contributed by atoms with E-state index in [0.717, 1.165) is 12.0 Å². The molecule has 2 aliphatic heterocycles. The number of nitrogens with zero attached hydrogens (tertiary/aromatic N) is 1. The number of rotatable bonds is 3. The van der Waals surface area contributed by atoms with Gasteiger partial charge in [0, 0.05) is 25.9 Å². The van der Waals surface area contributed by atoms with Crippen LogP contribution in [0.5, 0.6) is 5.75 Å². The van der Waals surface area contributed by atoms with E-state index < -0.39 is 5.60 Å². The molecule has 0 aromatic heterocycles. The summed E-state index contributed by atoms with van der Waals surface area (Å²) >= 11 is 0. The Bertz CT molecular complexity index is 838. The summed E-state index contributed by atoms with van der Waals surface area (Å²) in [5.41, 5.74) is 1.29. The van der Waals surface area contributed by atoms with Crippen molar-refractivity contribution in [3.63, 3.8) is 0 Å². The molecule has 1 spiro atoms. The lowest BCUT2D eigenvalue weighted by Gasteiger charge is -2.44. The molecule has 1 atom stereocenters. The van der Waals surface area contributed by atoms with Crippen molar-refractivity contribution in [1.82, 2.24) is 4.90 Å². The van der Waals surface area contributed by atoms with Crippen LogP contribution in [0.4, 0.5) is 0 Å². The Morgan fingerprint density at radius 2 is 1.74 bits per heavy atom. The highest BCUT2D eigenvalue weighted by Crippen LogP contribution is 2.39. The molecule has 1 amide bonds. The number of amides is 1. The molecule has 140 valence electrons. The number of likely N-dealkylation sites (tertiary alicyclic amines) is 1. The number of hydrogen-bond acceptors (Lipinski definition) is 3. The first kappa shape index (κ1) is 17.8. The van der Waals surface area contributed by atoms with E-state index >= 15 is 0 Å². The quantitative estimate of drug-likeness (QED) is 0.821. The number of ether oxygens (including phenoxy) is 1. The van der Waals surface area contributed by atoms with Crippen molar-refractivity contribution in [3.05, 3.63) is 65.7 Å². The zero-order valence-corrected chi connectivity index (χ0v) is 15.7. The van der Waals surface area contributed by atoms with Crippen molar-refractivity contribution in [1.29, 1.82) is 0 Å². The van der Waals surface area contributed by atoms with Gasteiger partial charge in [0.2, 0.25) is 5.91 Å². The minimum Gasteiger partial charge on any atom is -0.486 e. The predicted molar refractivity (Wildman–Crippen MR) is 104 cm³/mol. The Balaban J connectivity index is 1.46. The summed E-state index contributed by atoms with van der Waals surface area (Å²) in [6, 6.07) is 17.5. The Hall–Kier alpha value is -2.62. The van der Waals surface area contributed by atoms with Gasteiger partial charge < -0.3 is 9.64 Å². The van der Waals surface area contributed by atoms with Crippen LogP contribution in [0.1, 0.15) is 54.4 Å². The largest absolute Gasteiger partial charge is 0.486 e. The van der Waals surface area contributed by atoms with Gasteiger partial charge in [-0.2, -0.15) is 0 Å². The molecular weight excluding hydrogens is 338 g/mol. The van der Waals surface area contributed by atoms with Crippen LogP contribution in [0.2, 0.25) is 0 Å². The summed E-state index contributed by atoms with van der Waals surface area (Å²) in [5, 5.41) is 0. The first-order valence-corrected chi connectivity index (χ1v) is 9.77. The zero-order chi connectivity index (χ0) is 18.9. The molecule has 1 fully saturated rings. The lowest BCUT2D eigenvalue weighted by atomic mass is 9.82. The second-order valence-electron chi connectivity index (χ2n) is 7.58. The number of carbonyl (C=O) groups is 2. The van der Waals surface area contributed by atoms with Crippen LogP contribution in [0, 0.1) is 0 Å². The van der Waals surface area contributed by atoms with E-state index in [1.807, 2.05) is 59.5 Å². The predicted octanol–water partition coefficient (Wildman–Crippen LogP) is 4.21. The second-order valence-corrected chi connectivity index (χ2v) is 7.58. The molecule has 2 heterocycles. The van der Waals surface area contributed by atoms with Gasteiger partial charge >= 0.3 is 0 Å². The van der Waals surface area contributed by atoms with Crippen LogP contribution in [0.25, 0.3) is 0 Å². The number of ketones is 1. The van der Waals surface area contributed by atoms with E-state index in [1.165, 1.54) is 0 Å². The van der Waals surface area contributed by atoms with Gasteiger partial charge in [-0.05, 0) is 24.1 Å². The molecule has 0 radical (unpaired) electrons. The third kappa shape index (κ3) is 3.36. The van der Waals surface area contributed by atoms with Gasteiger partial charge in [-0.1, -0.05) is 49.4 Å². The van der Waals surface area contributed by atoms with Gasteiger partial charge in [0.1, 0.15) is 11.4 Å². The molecule has 4 heteroatoms. The maximum atomic E-state index is 13.1. The maximum Gasteiger partial charge on any atom is 0.230 e. The average molecular weight is 363 g/mol. The lowest BCUT2D eigenvalue weighted by molar-refractivity contribution is -0.136. The Labute approximate surface area is 160 Å². The number of carbonyl (C=O) groups excluding carboxylic acids is 2. The Morgan fingerprint density at radius 1 is 1.07 bits per heavy atom. The van der Waals surface area contributed by atoms with Crippen molar-refractivity contribution in [3.8, 4) is 5.75 Å². The number of piperidine rings is 1. The van der Waals surface area contributed by atoms with Gasteiger partial charge in [0.25, 0.3) is 0 Å². The molecule has 1 saturated heterocycles. The van der Waals surface area contributed by atoms with Crippen molar-refractivity contribution < 1.29 is 14.3 Å². The van der Waals surface area contributed by atoms with Crippen LogP contribution < -0.4 is 4.74 Å². The van der Waals surface area contributed by atoms with Crippen LogP contribution >= 0.6 is 0 Å². The van der Waals surface area contributed by atoms with Crippen molar-refractivity contribution in [2.45, 2.75) is 44.1 Å². The number of para-hydroxylation sites is 1. The van der Waals surface area contributed by atoms with Crippen molar-refractivity contribution in [2.75, 3.05) is 13.1 Å². The van der Waals surface area contributed by atoms with E-state index in [4.69, 9.17) is 4.74 Å². The van der Waals surface area contributed by atoms with Crippen LogP contribution in [0.3, 0.4) is 0 Å². The van der Waals surface area contributed by atoms with Gasteiger partial charge in [-0.3, -0.25) is 9.59 Å². The SMILES string of the molecule is CCC(C(=O)N1CCC2(CC1)CC(=O)c1ccccc1O2)c1ccccc1. The lowest BCUT2D eigenvalue weighted by Crippen LogP contribution is -2.53. The smallest absolute Gasteiger partial charge is 0.230 e. The third-order valence-electron chi connectivity index (χ3n) is 5.89. The first-order valence-electron chi connectivity index (χ1n) is 9.77. The number of fused-ring (bicyclic) bond motifs is 1. The van der Waals surface area contributed by atoms with Gasteiger partial charge in [-0.15, -0.1) is 0 Å². The third-order valence-corrected chi connectivity index (χ3v) is 5.89. The number of benzene rings is 2. The molecule has 2 aliphatic rings. The van der Waals surface area contributed by atoms with Crippen LogP contribution in [-0.4, -0.2) is 35.3 Å². The average Bonchev–Trinajstić information content (AvgIpc) is 2.70. The fourth-order valence-electron chi connectivity index (χ4n) is 4.32. The Morgan fingerprint density at radius 3 is 2.44 bits per heavy atom. The number of hydrogen-bond donors (Lipinski definition) is 0. The first-order chi connectivity index (χ1) is 13.1. The molecule has 1 unspecified atom stereocenters. The molecule has 0 saturated carbocycles. The molecular formula is C23H25NO3. The summed E-state index contributed by atoms with van der Waals surface area (Å²) in [6.07, 6.45) is 2.59. The van der Waals surface area contributed by atoms with E-state index in [1.54, 1.807) is 0 Å². The van der Waals surface area contributed by atoms with Gasteiger partial charge in [0.15, 0.2) is 5.78 Å². The normalized spacial score (nSPS) is 19.3. The van der Waals surface area contributed by atoms with Gasteiger partial charge in [0.05, 0.1) is 17.9 Å². The zero-order valence-electron chi connectivity index (χ0n) is 15.7. The summed E-state index contributed by atoms with van der Waals surface area (Å²) in [6.45, 7) is 3.33. The highest BCUT2D eigenvalue weighted by molar-refractivity contribution is 6.00. The molecule has 0 aliphatic carbocycles. The molecule has 4 nitrogen and oxygen atoms in total. The van der Waals surface area contributed by atoms with Crippen LogP contribution in [-0.2, 0) is 4.79 Å². The molecule has 27 heavy (non-hydrogen) atoms. The monoisotopic (exact) mass is 363 g/mol. The minimum absolute atomic E-state index is 0.102. The minimum atomic E-state index is -0.462. The standard InChI is InChI=1S/C23H25NO3/c1-2-18(17-8-4-3-5-9-17)22(26)24-14-12-23(13-15-24)16-20(25)19-10-6-7-11-21(19)27-23/h3-11,18H,2,12-16H2,1H3. The Kier molecular flexibility index (Phi) is 4.73. The highest BCUT2D eigenvalue weighted by Gasteiger charge is 2.44. The summed E-state index contributed by atoms with van der Waals surface area (Å²) in [4.78, 5) is 27.6. The molecule has 2 aromatic rings. The molecule has 0 bridgehead atoms. The molecule has 4 rings (SSSR count). The summed E-state index contributed by atoms with van der Waals surface area (Å²) < 4.78 is 6.27. The van der Waals surface area contributed by atoms with E-state index in [9.17, 15) is 9.59 Å². The van der Waals surface area contributed by atoms with E-state index in [-0.39, 0.29) is 17.6 Å². The van der Waals surface area contributed by atoms with Crippen molar-refractivity contribution >= 4 is 11.7 Å². The van der Waals surface area contributed by atoms with Crippen molar-refractivity contribution in [2.24, 2.45) is 0 Å². The van der Waals surface area contributed by atoms with Gasteiger partial charge in [-0.25, -0.2) is 0 Å². The van der Waals surface area contributed by atoms with E-state index in [2.05, 4.69) is 6.92 Å². The summed E-state index contributed by atoms with van der Waals surface area (Å²) in [5.74, 6) is 0.910. The number of Topliss-reactive ketones (excluding diaryl/α,β-unsaturated/α-hetero) is 1.